The van der Waals surface area contributed by atoms with Crippen LogP contribution in [0.4, 0.5) is 18.9 Å². The number of carbonyl (C=O) groups is 1. The Hall–Kier alpha value is -1.04. The van der Waals surface area contributed by atoms with Gasteiger partial charge < -0.3 is 5.32 Å². The number of halogens is 4. The van der Waals surface area contributed by atoms with Crippen molar-refractivity contribution in [2.24, 2.45) is 0 Å². The van der Waals surface area contributed by atoms with Gasteiger partial charge in [-0.05, 0) is 36.1 Å². The average molecular weight is 324 g/mol. The van der Waals surface area contributed by atoms with Crippen LogP contribution in [0.3, 0.4) is 0 Å². The normalized spacial score (nSPS) is 11.4. The lowest BCUT2D eigenvalue weighted by atomic mass is 10.0. The number of aryl methyl sites for hydroxylation is 2. The summed E-state index contributed by atoms with van der Waals surface area (Å²) in [7, 11) is 0. The molecule has 1 rings (SSSR count). The van der Waals surface area contributed by atoms with Crippen LogP contribution in [0.5, 0.6) is 0 Å². The van der Waals surface area contributed by atoms with Gasteiger partial charge in [0.15, 0.2) is 0 Å². The molecule has 0 aliphatic heterocycles. The molecular formula is C12H13BrF3NO. The molecule has 0 aliphatic rings. The Morgan fingerprint density at radius 2 is 1.67 bits per heavy atom. The second kappa shape index (κ2) is 5.73. The Bertz CT molecular complexity index is 432. The molecule has 0 aromatic heterocycles. The molecule has 0 fully saturated rings. The van der Waals surface area contributed by atoms with Crippen molar-refractivity contribution >= 4 is 27.5 Å². The molecule has 0 radical (unpaired) electrons. The Morgan fingerprint density at radius 1 is 1.22 bits per heavy atom. The maximum absolute atomic E-state index is 12.3. The predicted molar refractivity (Wildman–Crippen MR) is 67.6 cm³/mol. The van der Waals surface area contributed by atoms with Gasteiger partial charge in [0.25, 0.3) is 0 Å². The summed E-state index contributed by atoms with van der Waals surface area (Å²) >= 11 is 3.30. The first-order valence-corrected chi connectivity index (χ1v) is 6.28. The number of alkyl halides is 3. The Morgan fingerprint density at radius 3 is 2.00 bits per heavy atom. The zero-order chi connectivity index (χ0) is 13.9. The van der Waals surface area contributed by atoms with Crippen molar-refractivity contribution in [3.05, 3.63) is 27.7 Å². The van der Waals surface area contributed by atoms with Gasteiger partial charge in [-0.3, -0.25) is 4.79 Å². The van der Waals surface area contributed by atoms with Gasteiger partial charge in [-0.1, -0.05) is 29.8 Å². The molecule has 1 aromatic carbocycles. The number of carbonyl (C=O) groups excluding carboxylic acids is 1. The molecule has 0 aliphatic carbocycles. The van der Waals surface area contributed by atoms with E-state index < -0.39 is 12.1 Å². The summed E-state index contributed by atoms with van der Waals surface area (Å²) in [5, 5.41) is 1.96. The van der Waals surface area contributed by atoms with Crippen molar-refractivity contribution in [1.82, 2.24) is 0 Å². The fourth-order valence-electron chi connectivity index (χ4n) is 1.63. The van der Waals surface area contributed by atoms with Crippen LogP contribution >= 0.6 is 15.9 Å². The van der Waals surface area contributed by atoms with Crippen LogP contribution in [0, 0.1) is 0 Å². The minimum absolute atomic E-state index is 0.269. The van der Waals surface area contributed by atoms with Crippen molar-refractivity contribution in [2.45, 2.75) is 32.9 Å². The van der Waals surface area contributed by atoms with Gasteiger partial charge in [-0.15, -0.1) is 0 Å². The molecule has 0 spiro atoms. The molecule has 6 heteroatoms. The van der Waals surface area contributed by atoms with Gasteiger partial charge in [0.2, 0.25) is 0 Å². The third-order valence-electron chi connectivity index (χ3n) is 2.52. The van der Waals surface area contributed by atoms with Gasteiger partial charge in [0.05, 0.1) is 0 Å². The van der Waals surface area contributed by atoms with E-state index in [2.05, 4.69) is 15.9 Å². The molecule has 0 saturated carbocycles. The highest BCUT2D eigenvalue weighted by Gasteiger charge is 2.39. The molecule has 0 unspecified atom stereocenters. The van der Waals surface area contributed by atoms with Crippen LogP contribution in [0.15, 0.2) is 16.6 Å². The molecule has 1 amide bonds. The minimum atomic E-state index is -4.87. The molecule has 1 aromatic rings. The number of benzene rings is 1. The summed E-state index contributed by atoms with van der Waals surface area (Å²) in [5.74, 6) is -1.94. The second-order valence-electron chi connectivity index (χ2n) is 3.76. The van der Waals surface area contributed by atoms with Gasteiger partial charge in [-0.25, -0.2) is 0 Å². The van der Waals surface area contributed by atoms with Crippen molar-refractivity contribution in [3.8, 4) is 0 Å². The van der Waals surface area contributed by atoms with Crippen LogP contribution in [0.1, 0.15) is 25.0 Å². The molecule has 1 N–H and O–H groups in total. The largest absolute Gasteiger partial charge is 0.471 e. The number of amides is 1. The van der Waals surface area contributed by atoms with E-state index in [1.54, 1.807) is 12.1 Å². The molecule has 0 saturated heterocycles. The van der Waals surface area contributed by atoms with Gasteiger partial charge in [-0.2, -0.15) is 13.2 Å². The summed E-state index contributed by atoms with van der Waals surface area (Å²) in [6, 6.07) is 3.43. The maximum Gasteiger partial charge on any atom is 0.471 e. The van der Waals surface area contributed by atoms with Crippen molar-refractivity contribution in [1.29, 1.82) is 0 Å². The maximum atomic E-state index is 12.3. The molecule has 18 heavy (non-hydrogen) atoms. The van der Waals surface area contributed by atoms with Gasteiger partial charge in [0.1, 0.15) is 0 Å². The Kier molecular flexibility index (Phi) is 4.78. The molecule has 0 bridgehead atoms. The minimum Gasteiger partial charge on any atom is -0.318 e. The first kappa shape index (κ1) is 15.0. The van der Waals surface area contributed by atoms with E-state index in [-0.39, 0.29) is 5.69 Å². The van der Waals surface area contributed by atoms with Gasteiger partial charge >= 0.3 is 12.1 Å². The van der Waals surface area contributed by atoms with E-state index in [9.17, 15) is 18.0 Å². The van der Waals surface area contributed by atoms with Crippen LogP contribution in [0.2, 0.25) is 0 Å². The fourth-order valence-corrected chi connectivity index (χ4v) is 2.18. The van der Waals surface area contributed by atoms with Crippen LogP contribution in [-0.4, -0.2) is 12.1 Å². The quantitative estimate of drug-likeness (QED) is 0.892. The smallest absolute Gasteiger partial charge is 0.318 e. The number of hydrogen-bond donors (Lipinski definition) is 1. The topological polar surface area (TPSA) is 29.1 Å². The fraction of sp³-hybridized carbons (Fsp3) is 0.417. The van der Waals surface area contributed by atoms with Crippen LogP contribution < -0.4 is 5.32 Å². The third kappa shape index (κ3) is 3.48. The van der Waals surface area contributed by atoms with Crippen molar-refractivity contribution < 1.29 is 18.0 Å². The lowest BCUT2D eigenvalue weighted by molar-refractivity contribution is -0.167. The zero-order valence-electron chi connectivity index (χ0n) is 9.99. The summed E-state index contributed by atoms with van der Waals surface area (Å²) in [6.45, 7) is 3.65. The van der Waals surface area contributed by atoms with Crippen LogP contribution in [0.25, 0.3) is 0 Å². The molecule has 2 nitrogen and oxygen atoms in total. The Labute approximate surface area is 112 Å². The average Bonchev–Trinajstić information content (AvgIpc) is 2.29. The predicted octanol–water partition coefficient (Wildman–Crippen LogP) is 4.07. The van der Waals surface area contributed by atoms with E-state index in [4.69, 9.17) is 0 Å². The number of rotatable bonds is 3. The molecule has 0 atom stereocenters. The number of nitrogens with one attached hydrogen (secondary N) is 1. The summed E-state index contributed by atoms with van der Waals surface area (Å²) in [6.07, 6.45) is -3.79. The lowest BCUT2D eigenvalue weighted by Gasteiger charge is -2.16. The zero-order valence-corrected chi connectivity index (χ0v) is 11.6. The first-order valence-electron chi connectivity index (χ1n) is 5.49. The molecule has 0 heterocycles. The van der Waals surface area contributed by atoms with Crippen LogP contribution in [-0.2, 0) is 17.6 Å². The highest BCUT2D eigenvalue weighted by atomic mass is 79.9. The van der Waals surface area contributed by atoms with Crippen molar-refractivity contribution in [2.75, 3.05) is 5.32 Å². The number of anilines is 1. The highest BCUT2D eigenvalue weighted by molar-refractivity contribution is 9.10. The van der Waals surface area contributed by atoms with E-state index in [0.717, 1.165) is 4.47 Å². The lowest BCUT2D eigenvalue weighted by Crippen LogP contribution is -2.30. The van der Waals surface area contributed by atoms with Crippen molar-refractivity contribution in [3.63, 3.8) is 0 Å². The summed E-state index contributed by atoms with van der Waals surface area (Å²) < 4.78 is 37.6. The van der Waals surface area contributed by atoms with E-state index in [1.165, 1.54) is 0 Å². The molecular weight excluding hydrogens is 311 g/mol. The van der Waals surface area contributed by atoms with E-state index in [0.29, 0.717) is 24.0 Å². The number of hydrogen-bond acceptors (Lipinski definition) is 1. The van der Waals surface area contributed by atoms with E-state index >= 15 is 0 Å². The highest BCUT2D eigenvalue weighted by Crippen LogP contribution is 2.29. The monoisotopic (exact) mass is 323 g/mol. The first-order chi connectivity index (χ1) is 8.29. The van der Waals surface area contributed by atoms with E-state index in [1.807, 2.05) is 19.2 Å². The summed E-state index contributed by atoms with van der Waals surface area (Å²) in [4.78, 5) is 11.0. The molecule has 100 valence electrons. The Balaban J connectivity index is 3.18. The second-order valence-corrected chi connectivity index (χ2v) is 4.67. The summed E-state index contributed by atoms with van der Waals surface area (Å²) in [5.41, 5.74) is 1.63. The standard InChI is InChI=1S/C12H13BrF3NO/c1-3-7-5-9(13)6-8(4-2)10(7)17-11(18)12(14,15)16/h5-6H,3-4H2,1-2H3,(H,17,18). The third-order valence-corrected chi connectivity index (χ3v) is 2.98. The van der Waals surface area contributed by atoms with Gasteiger partial charge in [0, 0.05) is 10.2 Å². The SMILES string of the molecule is CCc1cc(Br)cc(CC)c1NC(=O)C(F)(F)F.